The molecule has 3 rings (SSSR count). The summed E-state index contributed by atoms with van der Waals surface area (Å²) in [6, 6.07) is 8.71. The van der Waals surface area contributed by atoms with Gasteiger partial charge in [0.05, 0.1) is 6.20 Å². The Labute approximate surface area is 108 Å². The highest BCUT2D eigenvalue weighted by atomic mass is 15.2. The molecule has 0 saturated heterocycles. The molecule has 1 aromatic heterocycles. The first-order valence-corrected chi connectivity index (χ1v) is 6.45. The van der Waals surface area contributed by atoms with Gasteiger partial charge < -0.3 is 5.73 Å². The van der Waals surface area contributed by atoms with Crippen LogP contribution in [0.5, 0.6) is 0 Å². The molecule has 0 spiro atoms. The number of benzene rings is 1. The second kappa shape index (κ2) is 4.25. The predicted octanol–water partition coefficient (Wildman–Crippen LogP) is 1.71. The van der Waals surface area contributed by atoms with Crippen LogP contribution in [0.25, 0.3) is 0 Å². The predicted molar refractivity (Wildman–Crippen MR) is 72.2 cm³/mol. The minimum absolute atomic E-state index is 0.187. The first kappa shape index (κ1) is 11.5. The number of aromatic nitrogens is 2. The summed E-state index contributed by atoms with van der Waals surface area (Å²) >= 11 is 0. The summed E-state index contributed by atoms with van der Waals surface area (Å²) in [4.78, 5) is 0. The highest BCUT2D eigenvalue weighted by Gasteiger charge is 2.36. The van der Waals surface area contributed by atoms with Gasteiger partial charge in [0, 0.05) is 13.2 Å². The number of hydrogen-bond acceptors (Lipinski definition) is 2. The van der Waals surface area contributed by atoms with E-state index >= 15 is 0 Å². The molecule has 1 aliphatic rings. The SMILES string of the molecule is Cn1cc(CC2(CN)Cc3ccccc3C2)cn1. The molecule has 3 nitrogen and oxygen atoms in total. The van der Waals surface area contributed by atoms with E-state index in [0.29, 0.717) is 0 Å². The van der Waals surface area contributed by atoms with Crippen LogP contribution in [0.2, 0.25) is 0 Å². The van der Waals surface area contributed by atoms with Gasteiger partial charge >= 0.3 is 0 Å². The number of fused-ring (bicyclic) bond motifs is 1. The summed E-state index contributed by atoms with van der Waals surface area (Å²) in [6.07, 6.45) is 7.26. The summed E-state index contributed by atoms with van der Waals surface area (Å²) in [5, 5.41) is 4.25. The maximum absolute atomic E-state index is 6.08. The van der Waals surface area contributed by atoms with E-state index in [9.17, 15) is 0 Å². The molecule has 0 radical (unpaired) electrons. The Balaban J connectivity index is 1.86. The summed E-state index contributed by atoms with van der Waals surface area (Å²) < 4.78 is 1.86. The van der Waals surface area contributed by atoms with Gasteiger partial charge in [-0.15, -0.1) is 0 Å². The third-order valence-corrected chi connectivity index (χ3v) is 4.02. The highest BCUT2D eigenvalue weighted by Crippen LogP contribution is 2.38. The quantitative estimate of drug-likeness (QED) is 0.889. The zero-order chi connectivity index (χ0) is 12.6. The van der Waals surface area contributed by atoms with Gasteiger partial charge in [0.25, 0.3) is 0 Å². The van der Waals surface area contributed by atoms with Crippen LogP contribution in [0.15, 0.2) is 36.7 Å². The summed E-state index contributed by atoms with van der Waals surface area (Å²) in [5.74, 6) is 0. The minimum atomic E-state index is 0.187. The highest BCUT2D eigenvalue weighted by molar-refractivity contribution is 5.35. The molecule has 3 heteroatoms. The first-order chi connectivity index (χ1) is 8.71. The topological polar surface area (TPSA) is 43.8 Å². The molecule has 0 bridgehead atoms. The first-order valence-electron chi connectivity index (χ1n) is 6.45. The van der Waals surface area contributed by atoms with Crippen molar-refractivity contribution in [1.82, 2.24) is 9.78 Å². The Morgan fingerprint density at radius 1 is 1.28 bits per heavy atom. The van der Waals surface area contributed by atoms with E-state index in [1.165, 1.54) is 16.7 Å². The normalized spacial score (nSPS) is 16.8. The van der Waals surface area contributed by atoms with Crippen LogP contribution in [0, 0.1) is 5.41 Å². The van der Waals surface area contributed by atoms with Crippen molar-refractivity contribution < 1.29 is 0 Å². The molecule has 0 amide bonds. The second-order valence-corrected chi connectivity index (χ2v) is 5.53. The molecule has 0 saturated carbocycles. The summed E-state index contributed by atoms with van der Waals surface area (Å²) in [5.41, 5.74) is 10.5. The van der Waals surface area contributed by atoms with Crippen molar-refractivity contribution in [2.45, 2.75) is 19.3 Å². The van der Waals surface area contributed by atoms with Crippen LogP contribution in [0.4, 0.5) is 0 Å². The lowest BCUT2D eigenvalue weighted by molar-refractivity contribution is 0.315. The van der Waals surface area contributed by atoms with E-state index in [0.717, 1.165) is 25.8 Å². The average Bonchev–Trinajstić information content (AvgIpc) is 2.93. The van der Waals surface area contributed by atoms with E-state index in [-0.39, 0.29) is 5.41 Å². The molecule has 1 aromatic carbocycles. The summed E-state index contributed by atoms with van der Waals surface area (Å²) in [6.45, 7) is 0.733. The fourth-order valence-electron chi connectivity index (χ4n) is 3.11. The minimum Gasteiger partial charge on any atom is -0.330 e. The number of hydrogen-bond donors (Lipinski definition) is 1. The molecular weight excluding hydrogens is 222 g/mol. The van der Waals surface area contributed by atoms with E-state index in [1.807, 2.05) is 17.9 Å². The lowest BCUT2D eigenvalue weighted by Gasteiger charge is -2.26. The molecule has 0 fully saturated rings. The molecular formula is C15H19N3. The molecule has 1 aliphatic carbocycles. The van der Waals surface area contributed by atoms with Crippen LogP contribution in [0.3, 0.4) is 0 Å². The van der Waals surface area contributed by atoms with Crippen molar-refractivity contribution in [3.05, 3.63) is 53.3 Å². The second-order valence-electron chi connectivity index (χ2n) is 5.53. The molecule has 1 heterocycles. The number of nitrogens with two attached hydrogens (primary N) is 1. The van der Waals surface area contributed by atoms with Crippen LogP contribution in [-0.4, -0.2) is 16.3 Å². The zero-order valence-electron chi connectivity index (χ0n) is 10.8. The zero-order valence-corrected chi connectivity index (χ0v) is 10.8. The fourth-order valence-corrected chi connectivity index (χ4v) is 3.11. The number of rotatable bonds is 3. The maximum atomic E-state index is 6.08. The third-order valence-electron chi connectivity index (χ3n) is 4.02. The Hall–Kier alpha value is -1.61. The Bertz CT molecular complexity index is 531. The van der Waals surface area contributed by atoms with Crippen LogP contribution >= 0.6 is 0 Å². The third kappa shape index (κ3) is 1.95. The standard InChI is InChI=1S/C15H19N3/c1-18-10-12(9-17-18)6-15(11-16)7-13-4-2-3-5-14(13)8-15/h2-5,9-10H,6-8,11,16H2,1H3. The largest absolute Gasteiger partial charge is 0.330 e. The molecule has 18 heavy (non-hydrogen) atoms. The molecule has 2 aromatic rings. The van der Waals surface area contributed by atoms with Crippen LogP contribution in [0.1, 0.15) is 16.7 Å². The van der Waals surface area contributed by atoms with Gasteiger partial charge in [-0.25, -0.2) is 0 Å². The number of nitrogens with zero attached hydrogens (tertiary/aromatic N) is 2. The van der Waals surface area contributed by atoms with Gasteiger partial charge in [-0.1, -0.05) is 24.3 Å². The Kier molecular flexibility index (Phi) is 2.71. The Morgan fingerprint density at radius 2 is 1.94 bits per heavy atom. The van der Waals surface area contributed by atoms with Crippen LogP contribution in [-0.2, 0) is 26.3 Å². The van der Waals surface area contributed by atoms with E-state index in [4.69, 9.17) is 5.73 Å². The lowest BCUT2D eigenvalue weighted by Crippen LogP contribution is -2.33. The fraction of sp³-hybridized carbons (Fsp3) is 0.400. The lowest BCUT2D eigenvalue weighted by atomic mass is 9.79. The van der Waals surface area contributed by atoms with Gasteiger partial charge in [-0.3, -0.25) is 4.68 Å². The van der Waals surface area contributed by atoms with Gasteiger partial charge in [0.15, 0.2) is 0 Å². The molecule has 0 atom stereocenters. The van der Waals surface area contributed by atoms with E-state index < -0.39 is 0 Å². The van der Waals surface area contributed by atoms with Crippen molar-refractivity contribution >= 4 is 0 Å². The van der Waals surface area contributed by atoms with Crippen LogP contribution < -0.4 is 5.73 Å². The van der Waals surface area contributed by atoms with Crippen molar-refractivity contribution in [3.63, 3.8) is 0 Å². The summed E-state index contributed by atoms with van der Waals surface area (Å²) in [7, 11) is 1.96. The smallest absolute Gasteiger partial charge is 0.0521 e. The van der Waals surface area contributed by atoms with Gasteiger partial charge in [-0.05, 0) is 47.9 Å². The molecule has 0 aliphatic heterocycles. The van der Waals surface area contributed by atoms with Crippen molar-refractivity contribution in [3.8, 4) is 0 Å². The van der Waals surface area contributed by atoms with E-state index in [2.05, 4.69) is 35.6 Å². The average molecular weight is 241 g/mol. The molecule has 2 N–H and O–H groups in total. The molecule has 94 valence electrons. The number of aryl methyl sites for hydroxylation is 1. The van der Waals surface area contributed by atoms with Crippen molar-refractivity contribution in [2.24, 2.45) is 18.2 Å². The van der Waals surface area contributed by atoms with Gasteiger partial charge in [0.1, 0.15) is 0 Å². The monoisotopic (exact) mass is 241 g/mol. The Morgan fingerprint density at radius 3 is 2.44 bits per heavy atom. The van der Waals surface area contributed by atoms with Crippen molar-refractivity contribution in [1.29, 1.82) is 0 Å². The van der Waals surface area contributed by atoms with Gasteiger partial charge in [0.2, 0.25) is 0 Å². The van der Waals surface area contributed by atoms with Gasteiger partial charge in [-0.2, -0.15) is 5.10 Å². The molecule has 0 unspecified atom stereocenters. The van der Waals surface area contributed by atoms with E-state index in [1.54, 1.807) is 0 Å². The van der Waals surface area contributed by atoms with Crippen molar-refractivity contribution in [2.75, 3.05) is 6.54 Å². The maximum Gasteiger partial charge on any atom is 0.0521 e.